The van der Waals surface area contributed by atoms with E-state index in [1.807, 2.05) is 6.07 Å². The number of benzene rings is 1. The van der Waals surface area contributed by atoms with E-state index in [0.717, 1.165) is 17.8 Å². The summed E-state index contributed by atoms with van der Waals surface area (Å²) in [6, 6.07) is 5.23. The average molecular weight is 313 g/mol. The lowest BCUT2D eigenvalue weighted by Crippen LogP contribution is -2.26. The third kappa shape index (κ3) is 3.59. The van der Waals surface area contributed by atoms with Crippen LogP contribution in [0, 0.1) is 5.82 Å². The minimum atomic E-state index is -3.70. The zero-order valence-electron chi connectivity index (χ0n) is 11.7. The molecule has 21 heavy (non-hydrogen) atoms. The van der Waals surface area contributed by atoms with Gasteiger partial charge in [-0.2, -0.15) is 5.10 Å². The van der Waals surface area contributed by atoms with Crippen molar-refractivity contribution in [2.75, 3.05) is 13.7 Å². The highest BCUT2D eigenvalue weighted by Gasteiger charge is 2.16. The van der Waals surface area contributed by atoms with Crippen molar-refractivity contribution in [2.45, 2.75) is 11.3 Å². The monoisotopic (exact) mass is 313 g/mol. The quantitative estimate of drug-likeness (QED) is 0.866. The summed E-state index contributed by atoms with van der Waals surface area (Å²) >= 11 is 0. The molecule has 8 heteroatoms. The standard InChI is InChI=1S/C13H16FN3O3S/c1-17-10(5-7-15-17)6-8-16-21(18,19)11-3-4-12(14)13(9-11)20-2/h3-5,7,9,16H,6,8H2,1-2H3. The fourth-order valence-electron chi connectivity index (χ4n) is 1.85. The summed E-state index contributed by atoms with van der Waals surface area (Å²) in [4.78, 5) is -0.0363. The van der Waals surface area contributed by atoms with E-state index in [2.05, 4.69) is 9.82 Å². The van der Waals surface area contributed by atoms with E-state index in [1.165, 1.54) is 13.2 Å². The molecule has 2 rings (SSSR count). The molecule has 6 nitrogen and oxygen atoms in total. The topological polar surface area (TPSA) is 73.2 Å². The summed E-state index contributed by atoms with van der Waals surface area (Å²) in [6.45, 7) is 0.224. The summed E-state index contributed by atoms with van der Waals surface area (Å²) in [5.74, 6) is -0.712. The van der Waals surface area contributed by atoms with Crippen LogP contribution >= 0.6 is 0 Å². The molecule has 2 aromatic rings. The normalized spacial score (nSPS) is 11.6. The third-order valence-corrected chi connectivity index (χ3v) is 4.49. The summed E-state index contributed by atoms with van der Waals surface area (Å²) in [5.41, 5.74) is 0.911. The zero-order valence-corrected chi connectivity index (χ0v) is 12.5. The number of hydrogen-bond donors (Lipinski definition) is 1. The van der Waals surface area contributed by atoms with Crippen LogP contribution in [0.2, 0.25) is 0 Å². The van der Waals surface area contributed by atoms with E-state index in [-0.39, 0.29) is 17.2 Å². The van der Waals surface area contributed by atoms with Gasteiger partial charge < -0.3 is 4.74 Å². The maximum Gasteiger partial charge on any atom is 0.240 e. The molecule has 0 aliphatic carbocycles. The van der Waals surface area contributed by atoms with Gasteiger partial charge in [0.05, 0.1) is 12.0 Å². The van der Waals surface area contributed by atoms with Crippen molar-refractivity contribution < 1.29 is 17.5 Å². The van der Waals surface area contributed by atoms with Crippen LogP contribution in [0.25, 0.3) is 0 Å². The van der Waals surface area contributed by atoms with Gasteiger partial charge in [-0.1, -0.05) is 0 Å². The highest BCUT2D eigenvalue weighted by molar-refractivity contribution is 7.89. The number of rotatable bonds is 6. The minimum absolute atomic E-state index is 0.0363. The summed E-state index contributed by atoms with van der Waals surface area (Å²) < 4.78 is 46.4. The maximum atomic E-state index is 13.3. The van der Waals surface area contributed by atoms with Crippen LogP contribution in [0.4, 0.5) is 4.39 Å². The molecule has 0 fully saturated rings. The number of aromatic nitrogens is 2. The smallest absolute Gasteiger partial charge is 0.240 e. The average Bonchev–Trinajstić information content (AvgIpc) is 2.84. The highest BCUT2D eigenvalue weighted by atomic mass is 32.2. The second-order valence-corrected chi connectivity index (χ2v) is 6.16. The predicted octanol–water partition coefficient (Wildman–Crippen LogP) is 1.09. The van der Waals surface area contributed by atoms with Crippen molar-refractivity contribution in [1.29, 1.82) is 0 Å². The Labute approximate surface area is 122 Å². The summed E-state index contributed by atoms with van der Waals surface area (Å²) in [5, 5.41) is 4.00. The highest BCUT2D eigenvalue weighted by Crippen LogP contribution is 2.21. The summed E-state index contributed by atoms with van der Waals surface area (Å²) in [7, 11) is -0.633. The molecule has 0 aliphatic heterocycles. The molecule has 1 aromatic heterocycles. The zero-order chi connectivity index (χ0) is 15.5. The van der Waals surface area contributed by atoms with Crippen LogP contribution in [0.5, 0.6) is 5.75 Å². The number of nitrogens with one attached hydrogen (secondary N) is 1. The fourth-order valence-corrected chi connectivity index (χ4v) is 2.90. The first-order valence-electron chi connectivity index (χ1n) is 6.24. The van der Waals surface area contributed by atoms with Gasteiger partial charge in [0.15, 0.2) is 11.6 Å². The number of halogens is 1. The largest absolute Gasteiger partial charge is 0.494 e. The molecule has 0 aliphatic rings. The van der Waals surface area contributed by atoms with Crippen molar-refractivity contribution in [3.05, 3.63) is 42.0 Å². The lowest BCUT2D eigenvalue weighted by atomic mass is 10.3. The van der Waals surface area contributed by atoms with Crippen molar-refractivity contribution in [1.82, 2.24) is 14.5 Å². The van der Waals surface area contributed by atoms with Gasteiger partial charge in [-0.05, 0) is 18.2 Å². The Bertz CT molecular complexity index is 728. The van der Waals surface area contributed by atoms with Gasteiger partial charge in [0.1, 0.15) is 0 Å². The Balaban J connectivity index is 2.06. The second-order valence-electron chi connectivity index (χ2n) is 4.39. The van der Waals surface area contributed by atoms with Gasteiger partial charge in [-0.3, -0.25) is 4.68 Å². The Morgan fingerprint density at radius 1 is 1.38 bits per heavy atom. The number of methoxy groups -OCH3 is 1. The van der Waals surface area contributed by atoms with E-state index in [0.29, 0.717) is 6.42 Å². The number of nitrogens with zero attached hydrogens (tertiary/aromatic N) is 2. The van der Waals surface area contributed by atoms with Gasteiger partial charge in [0, 0.05) is 38.0 Å². The first-order valence-corrected chi connectivity index (χ1v) is 7.72. The first-order chi connectivity index (χ1) is 9.94. The summed E-state index contributed by atoms with van der Waals surface area (Å²) in [6.07, 6.45) is 2.16. The molecule has 0 saturated heterocycles. The molecule has 1 N–H and O–H groups in total. The SMILES string of the molecule is COc1cc(S(=O)(=O)NCCc2ccnn2C)ccc1F. The maximum absolute atomic E-state index is 13.3. The van der Waals surface area contributed by atoms with Crippen molar-refractivity contribution in [3.63, 3.8) is 0 Å². The second kappa shape index (κ2) is 6.23. The predicted molar refractivity (Wildman–Crippen MR) is 75.1 cm³/mol. The molecule has 0 unspecified atom stereocenters. The molecular weight excluding hydrogens is 297 g/mol. The van der Waals surface area contributed by atoms with E-state index < -0.39 is 15.8 Å². The van der Waals surface area contributed by atoms with Crippen LogP contribution in [0.1, 0.15) is 5.69 Å². The van der Waals surface area contributed by atoms with Crippen LogP contribution in [0.15, 0.2) is 35.4 Å². The fraction of sp³-hybridized carbons (Fsp3) is 0.308. The third-order valence-electron chi connectivity index (χ3n) is 3.03. The molecule has 0 radical (unpaired) electrons. The van der Waals surface area contributed by atoms with Crippen LogP contribution < -0.4 is 9.46 Å². The van der Waals surface area contributed by atoms with E-state index in [4.69, 9.17) is 4.74 Å². The van der Waals surface area contributed by atoms with Crippen molar-refractivity contribution >= 4 is 10.0 Å². The molecule has 114 valence electrons. The van der Waals surface area contributed by atoms with Crippen LogP contribution in [-0.2, 0) is 23.5 Å². The van der Waals surface area contributed by atoms with Gasteiger partial charge in [0.2, 0.25) is 10.0 Å². The van der Waals surface area contributed by atoms with E-state index >= 15 is 0 Å². The minimum Gasteiger partial charge on any atom is -0.494 e. The van der Waals surface area contributed by atoms with Gasteiger partial charge in [0.25, 0.3) is 0 Å². The molecular formula is C13H16FN3O3S. The van der Waals surface area contributed by atoms with Crippen LogP contribution in [-0.4, -0.2) is 31.9 Å². The van der Waals surface area contributed by atoms with Crippen LogP contribution in [0.3, 0.4) is 0 Å². The molecule has 0 atom stereocenters. The molecule has 0 amide bonds. The lowest BCUT2D eigenvalue weighted by molar-refractivity contribution is 0.385. The molecule has 0 spiro atoms. The first kappa shape index (κ1) is 15.5. The number of ether oxygens (including phenoxy) is 1. The van der Waals surface area contributed by atoms with E-state index in [1.54, 1.807) is 17.9 Å². The number of aryl methyl sites for hydroxylation is 1. The Hall–Kier alpha value is -1.93. The van der Waals surface area contributed by atoms with Gasteiger partial charge >= 0.3 is 0 Å². The molecule has 1 aromatic carbocycles. The van der Waals surface area contributed by atoms with Crippen molar-refractivity contribution in [2.24, 2.45) is 7.05 Å². The Kier molecular flexibility index (Phi) is 4.59. The number of sulfonamides is 1. The van der Waals surface area contributed by atoms with E-state index in [9.17, 15) is 12.8 Å². The van der Waals surface area contributed by atoms with Gasteiger partial charge in [-0.25, -0.2) is 17.5 Å². The molecule has 1 heterocycles. The lowest BCUT2D eigenvalue weighted by Gasteiger charge is -2.09. The molecule has 0 bridgehead atoms. The van der Waals surface area contributed by atoms with Gasteiger partial charge in [-0.15, -0.1) is 0 Å². The molecule has 0 saturated carbocycles. The Morgan fingerprint density at radius 2 is 2.14 bits per heavy atom. The number of hydrogen-bond acceptors (Lipinski definition) is 4. The Morgan fingerprint density at radius 3 is 2.76 bits per heavy atom. The van der Waals surface area contributed by atoms with Crippen molar-refractivity contribution in [3.8, 4) is 5.75 Å².